The van der Waals surface area contributed by atoms with Gasteiger partial charge in [-0.2, -0.15) is 5.26 Å². The van der Waals surface area contributed by atoms with Crippen LogP contribution in [0, 0.1) is 11.3 Å². The van der Waals surface area contributed by atoms with Crippen LogP contribution in [0.1, 0.15) is 29.8 Å². The van der Waals surface area contributed by atoms with Crippen molar-refractivity contribution < 1.29 is 0 Å². The summed E-state index contributed by atoms with van der Waals surface area (Å²) in [5.74, 6) is 0.957. The Bertz CT molecular complexity index is 957. The Kier molecular flexibility index (Phi) is 4.83. The average Bonchev–Trinajstić information content (AvgIpc) is 3.10. The van der Waals surface area contributed by atoms with Gasteiger partial charge in [0, 0.05) is 31.2 Å². The van der Waals surface area contributed by atoms with Crippen LogP contribution in [0.4, 0.5) is 5.69 Å². The molecule has 0 atom stereocenters. The molecule has 1 aromatic heterocycles. The van der Waals surface area contributed by atoms with Gasteiger partial charge < -0.3 is 14.8 Å². The minimum absolute atomic E-state index is 0.686. The molecule has 1 fully saturated rings. The van der Waals surface area contributed by atoms with Crippen molar-refractivity contribution >= 4 is 16.7 Å². The normalized spacial score (nSPS) is 15.4. The van der Waals surface area contributed by atoms with E-state index in [2.05, 4.69) is 53.1 Å². The summed E-state index contributed by atoms with van der Waals surface area (Å²) in [6, 6.07) is 17.1. The number of H-pyrrole nitrogens is 1. The Labute approximate surface area is 160 Å². The van der Waals surface area contributed by atoms with Gasteiger partial charge in [0.05, 0.1) is 22.7 Å². The molecule has 2 aromatic carbocycles. The summed E-state index contributed by atoms with van der Waals surface area (Å²) in [6.07, 6.45) is 3.15. The van der Waals surface area contributed by atoms with E-state index in [0.29, 0.717) is 11.6 Å². The van der Waals surface area contributed by atoms with Crippen molar-refractivity contribution in [2.75, 3.05) is 32.1 Å². The smallest absolute Gasteiger partial charge is 0.111 e. The third-order valence-electron chi connectivity index (χ3n) is 5.53. The Morgan fingerprint density at radius 1 is 1.15 bits per heavy atom. The molecule has 0 spiro atoms. The van der Waals surface area contributed by atoms with Crippen molar-refractivity contribution in [2.45, 2.75) is 25.3 Å². The number of fused-ring (bicyclic) bond motifs is 1. The Morgan fingerprint density at radius 2 is 1.89 bits per heavy atom. The maximum Gasteiger partial charge on any atom is 0.111 e. The van der Waals surface area contributed by atoms with E-state index in [1.165, 1.54) is 18.5 Å². The number of nitrogens with one attached hydrogen (secondary N) is 1. The summed E-state index contributed by atoms with van der Waals surface area (Å²) in [5, 5.41) is 8.91. The van der Waals surface area contributed by atoms with E-state index in [1.54, 1.807) is 0 Å². The molecule has 0 bridgehead atoms. The molecule has 5 heteroatoms. The highest BCUT2D eigenvalue weighted by atomic mass is 15.2. The fourth-order valence-electron chi connectivity index (χ4n) is 3.86. The van der Waals surface area contributed by atoms with Crippen molar-refractivity contribution in [1.82, 2.24) is 14.9 Å². The van der Waals surface area contributed by atoms with Crippen LogP contribution in [-0.2, 0) is 6.42 Å². The highest BCUT2D eigenvalue weighted by Crippen LogP contribution is 2.25. The Morgan fingerprint density at radius 3 is 2.56 bits per heavy atom. The first-order valence-corrected chi connectivity index (χ1v) is 9.51. The minimum atomic E-state index is 0.686. The monoisotopic (exact) mass is 359 g/mol. The lowest BCUT2D eigenvalue weighted by Crippen LogP contribution is -2.41. The van der Waals surface area contributed by atoms with Gasteiger partial charge in [0.25, 0.3) is 0 Å². The number of hydrogen-bond donors (Lipinski definition) is 1. The van der Waals surface area contributed by atoms with Crippen molar-refractivity contribution in [2.24, 2.45) is 0 Å². The van der Waals surface area contributed by atoms with Gasteiger partial charge in [-0.1, -0.05) is 12.1 Å². The lowest BCUT2D eigenvalue weighted by Gasteiger charge is -2.36. The van der Waals surface area contributed by atoms with Gasteiger partial charge in [0.1, 0.15) is 5.82 Å². The van der Waals surface area contributed by atoms with E-state index < -0.39 is 0 Å². The molecule has 0 aliphatic carbocycles. The number of rotatable bonds is 4. The van der Waals surface area contributed by atoms with Gasteiger partial charge in [-0.3, -0.25) is 0 Å². The second-order valence-corrected chi connectivity index (χ2v) is 7.55. The zero-order valence-electron chi connectivity index (χ0n) is 15.9. The molecule has 0 amide bonds. The van der Waals surface area contributed by atoms with Crippen LogP contribution in [-0.4, -0.2) is 48.1 Å². The fourth-order valence-corrected chi connectivity index (χ4v) is 3.86. The van der Waals surface area contributed by atoms with E-state index in [-0.39, 0.29) is 0 Å². The molecule has 4 rings (SSSR count). The topological polar surface area (TPSA) is 59.0 Å². The quantitative estimate of drug-likeness (QED) is 0.774. The van der Waals surface area contributed by atoms with Crippen molar-refractivity contribution in [3.63, 3.8) is 0 Å². The molecule has 138 valence electrons. The zero-order chi connectivity index (χ0) is 18.8. The van der Waals surface area contributed by atoms with Crippen LogP contribution < -0.4 is 4.90 Å². The number of anilines is 1. The van der Waals surface area contributed by atoms with Crippen LogP contribution in [0.2, 0.25) is 0 Å². The SMILES string of the molecule is CN(C)C1CCN(c2ccc3[nH]c(Cc4ccc(C#N)cc4)nc3c2)CC1. The van der Waals surface area contributed by atoms with Crippen LogP contribution in [0.25, 0.3) is 11.0 Å². The molecular weight excluding hydrogens is 334 g/mol. The largest absolute Gasteiger partial charge is 0.371 e. The van der Waals surface area contributed by atoms with Crippen molar-refractivity contribution in [3.8, 4) is 6.07 Å². The van der Waals surface area contributed by atoms with Gasteiger partial charge in [-0.15, -0.1) is 0 Å². The number of nitrogens with zero attached hydrogens (tertiary/aromatic N) is 4. The summed E-state index contributed by atoms with van der Waals surface area (Å²) in [6.45, 7) is 2.19. The predicted molar refractivity (Wildman–Crippen MR) is 109 cm³/mol. The minimum Gasteiger partial charge on any atom is -0.371 e. The first kappa shape index (κ1) is 17.6. The molecular formula is C22H25N5. The predicted octanol–water partition coefficient (Wildman–Crippen LogP) is 3.56. The van der Waals surface area contributed by atoms with Gasteiger partial charge in [0.15, 0.2) is 0 Å². The molecule has 2 heterocycles. The molecule has 1 aliphatic heterocycles. The molecule has 1 aliphatic rings. The van der Waals surface area contributed by atoms with Gasteiger partial charge in [0.2, 0.25) is 0 Å². The van der Waals surface area contributed by atoms with Gasteiger partial charge >= 0.3 is 0 Å². The number of hydrogen-bond acceptors (Lipinski definition) is 4. The number of benzene rings is 2. The molecule has 1 saturated heterocycles. The molecule has 27 heavy (non-hydrogen) atoms. The first-order valence-electron chi connectivity index (χ1n) is 9.51. The molecule has 0 saturated carbocycles. The second-order valence-electron chi connectivity index (χ2n) is 7.55. The third-order valence-corrected chi connectivity index (χ3v) is 5.53. The van der Waals surface area contributed by atoms with E-state index in [4.69, 9.17) is 10.2 Å². The first-order chi connectivity index (χ1) is 13.1. The van der Waals surface area contributed by atoms with Crippen LogP contribution in [0.5, 0.6) is 0 Å². The highest BCUT2D eigenvalue weighted by molar-refractivity contribution is 5.79. The van der Waals surface area contributed by atoms with Crippen LogP contribution in [0.15, 0.2) is 42.5 Å². The zero-order valence-corrected chi connectivity index (χ0v) is 15.9. The summed E-state index contributed by atoms with van der Waals surface area (Å²) in [4.78, 5) is 13.0. The molecule has 0 radical (unpaired) electrons. The number of piperidine rings is 1. The molecule has 1 N–H and O–H groups in total. The molecule has 0 unspecified atom stereocenters. The fraction of sp³-hybridized carbons (Fsp3) is 0.364. The Balaban J connectivity index is 1.49. The summed E-state index contributed by atoms with van der Waals surface area (Å²) in [5.41, 5.74) is 5.19. The maximum atomic E-state index is 8.91. The number of aromatic amines is 1. The highest BCUT2D eigenvalue weighted by Gasteiger charge is 2.21. The van der Waals surface area contributed by atoms with Crippen LogP contribution >= 0.6 is 0 Å². The van der Waals surface area contributed by atoms with Gasteiger partial charge in [-0.05, 0) is 62.8 Å². The molecule has 5 nitrogen and oxygen atoms in total. The van der Waals surface area contributed by atoms with Crippen LogP contribution in [0.3, 0.4) is 0 Å². The summed E-state index contributed by atoms with van der Waals surface area (Å²) in [7, 11) is 4.34. The van der Waals surface area contributed by atoms with Crippen molar-refractivity contribution in [3.05, 3.63) is 59.4 Å². The molecule has 3 aromatic rings. The number of imidazole rings is 1. The van der Waals surface area contributed by atoms with E-state index in [1.807, 2.05) is 24.3 Å². The second kappa shape index (κ2) is 7.42. The van der Waals surface area contributed by atoms with E-state index in [0.717, 1.165) is 41.9 Å². The van der Waals surface area contributed by atoms with Gasteiger partial charge in [-0.25, -0.2) is 4.98 Å². The maximum absolute atomic E-state index is 8.91. The summed E-state index contributed by atoms with van der Waals surface area (Å²) >= 11 is 0. The van der Waals surface area contributed by atoms with Crippen molar-refractivity contribution in [1.29, 1.82) is 5.26 Å². The Hall–Kier alpha value is -2.84. The number of nitriles is 1. The lowest BCUT2D eigenvalue weighted by molar-refractivity contribution is 0.249. The van der Waals surface area contributed by atoms with E-state index in [9.17, 15) is 0 Å². The number of aromatic nitrogens is 2. The summed E-state index contributed by atoms with van der Waals surface area (Å²) < 4.78 is 0. The standard InChI is InChI=1S/C22H25N5/c1-26(2)18-9-11-27(12-10-18)19-7-8-20-21(14-19)25-22(24-20)13-16-3-5-17(15-23)6-4-16/h3-8,14,18H,9-13H2,1-2H3,(H,24,25). The lowest BCUT2D eigenvalue weighted by atomic mass is 10.0. The van der Waals surface area contributed by atoms with E-state index >= 15 is 0 Å². The average molecular weight is 359 g/mol. The third kappa shape index (κ3) is 3.81.